The molecular weight excluding hydrogens is 160 g/mol. The molecule has 0 radical (unpaired) electrons. The van der Waals surface area contributed by atoms with Gasteiger partial charge in [0, 0.05) is 0 Å². The summed E-state index contributed by atoms with van der Waals surface area (Å²) in [6.07, 6.45) is 0.773. The number of carbonyl (C=O) groups is 4. The molecule has 0 rings (SSSR count). The number of Topliss-reactive ketones (excluding diaryl/α,β-unsaturated/α-hetero) is 2. The Kier molecular flexibility index (Phi) is 4.04. The molecular formula is C8H10O4. The lowest BCUT2D eigenvalue weighted by molar-refractivity contribution is -0.143. The molecule has 0 aliphatic carbocycles. The second-order valence-electron chi connectivity index (χ2n) is 2.58. The monoisotopic (exact) mass is 170 g/mol. The van der Waals surface area contributed by atoms with Gasteiger partial charge in [-0.25, -0.2) is 0 Å². The van der Waals surface area contributed by atoms with Crippen LogP contribution in [0.25, 0.3) is 0 Å². The summed E-state index contributed by atoms with van der Waals surface area (Å²) >= 11 is 0. The quantitative estimate of drug-likeness (QED) is 0.325. The Bertz CT molecular complexity index is 195. The van der Waals surface area contributed by atoms with Gasteiger partial charge in [-0.05, 0) is 13.8 Å². The minimum atomic E-state index is -0.945. The summed E-state index contributed by atoms with van der Waals surface area (Å²) in [5.41, 5.74) is 0. The topological polar surface area (TPSA) is 68.3 Å². The molecule has 0 bridgehead atoms. The second kappa shape index (κ2) is 4.54. The maximum atomic E-state index is 10.9. The Morgan fingerprint density at radius 3 is 1.33 bits per heavy atom. The molecule has 0 amide bonds. The fourth-order valence-corrected chi connectivity index (χ4v) is 0.572. The molecule has 12 heavy (non-hydrogen) atoms. The van der Waals surface area contributed by atoms with Crippen LogP contribution in [0.1, 0.15) is 13.8 Å². The van der Waals surface area contributed by atoms with Gasteiger partial charge in [-0.1, -0.05) is 0 Å². The number of ketones is 2. The van der Waals surface area contributed by atoms with E-state index in [9.17, 15) is 19.2 Å². The molecule has 0 aromatic heterocycles. The molecule has 0 aromatic carbocycles. The van der Waals surface area contributed by atoms with Gasteiger partial charge >= 0.3 is 0 Å². The average Bonchev–Trinajstić information content (AvgIpc) is 2.12. The van der Waals surface area contributed by atoms with E-state index in [1.807, 2.05) is 0 Å². The van der Waals surface area contributed by atoms with Crippen molar-refractivity contribution >= 4 is 24.1 Å². The fraction of sp³-hybridized carbons (Fsp3) is 0.500. The van der Waals surface area contributed by atoms with Gasteiger partial charge in [0.05, 0.1) is 11.8 Å². The van der Waals surface area contributed by atoms with Gasteiger partial charge in [-0.15, -0.1) is 0 Å². The molecule has 0 saturated heterocycles. The van der Waals surface area contributed by atoms with E-state index in [0.29, 0.717) is 12.6 Å². The van der Waals surface area contributed by atoms with Crippen molar-refractivity contribution in [2.24, 2.45) is 11.8 Å². The molecule has 0 aliphatic rings. The zero-order valence-electron chi connectivity index (χ0n) is 6.94. The van der Waals surface area contributed by atoms with E-state index in [1.54, 1.807) is 0 Å². The highest BCUT2D eigenvalue weighted by molar-refractivity contribution is 6.42. The Hall–Kier alpha value is -1.32. The first-order valence-corrected chi connectivity index (χ1v) is 3.53. The van der Waals surface area contributed by atoms with Crippen molar-refractivity contribution in [3.63, 3.8) is 0 Å². The van der Waals surface area contributed by atoms with Crippen LogP contribution in [0.4, 0.5) is 0 Å². The normalized spacial score (nSPS) is 14.5. The Morgan fingerprint density at radius 1 is 0.917 bits per heavy atom. The smallest absolute Gasteiger partial charge is 0.208 e. The zero-order valence-corrected chi connectivity index (χ0v) is 6.94. The van der Waals surface area contributed by atoms with Crippen molar-refractivity contribution in [3.05, 3.63) is 0 Å². The van der Waals surface area contributed by atoms with Gasteiger partial charge in [-0.2, -0.15) is 0 Å². The third-order valence-corrected chi connectivity index (χ3v) is 1.48. The second-order valence-corrected chi connectivity index (χ2v) is 2.58. The van der Waals surface area contributed by atoms with Crippen LogP contribution in [-0.4, -0.2) is 24.1 Å². The molecule has 0 aliphatic heterocycles. The van der Waals surface area contributed by atoms with Crippen LogP contribution in [0.15, 0.2) is 0 Å². The van der Waals surface area contributed by atoms with Crippen LogP contribution in [-0.2, 0) is 19.2 Å². The molecule has 66 valence electrons. The summed E-state index contributed by atoms with van der Waals surface area (Å²) in [6.45, 7) is 2.65. The SMILES string of the molecule is CC(C=O)C(=O)C(=O)C(C)C=O. The molecule has 0 aromatic rings. The van der Waals surface area contributed by atoms with Gasteiger partial charge < -0.3 is 9.59 Å². The molecule has 4 heteroatoms. The van der Waals surface area contributed by atoms with Gasteiger partial charge in [0.25, 0.3) is 0 Å². The van der Waals surface area contributed by atoms with Crippen LogP contribution in [0.3, 0.4) is 0 Å². The van der Waals surface area contributed by atoms with Crippen molar-refractivity contribution < 1.29 is 19.2 Å². The van der Waals surface area contributed by atoms with E-state index in [2.05, 4.69) is 0 Å². The number of hydrogen-bond donors (Lipinski definition) is 0. The first-order chi connectivity index (χ1) is 5.54. The van der Waals surface area contributed by atoms with E-state index < -0.39 is 23.4 Å². The first-order valence-electron chi connectivity index (χ1n) is 3.53. The van der Waals surface area contributed by atoms with E-state index >= 15 is 0 Å². The van der Waals surface area contributed by atoms with Crippen LogP contribution in [0.2, 0.25) is 0 Å². The predicted molar refractivity (Wildman–Crippen MR) is 40.5 cm³/mol. The van der Waals surface area contributed by atoms with Gasteiger partial charge in [0.1, 0.15) is 12.6 Å². The zero-order chi connectivity index (χ0) is 9.72. The van der Waals surface area contributed by atoms with Crippen molar-refractivity contribution in [3.8, 4) is 0 Å². The first kappa shape index (κ1) is 10.7. The lowest BCUT2D eigenvalue weighted by atomic mass is 9.97. The van der Waals surface area contributed by atoms with Crippen molar-refractivity contribution in [2.75, 3.05) is 0 Å². The average molecular weight is 170 g/mol. The third kappa shape index (κ3) is 2.38. The maximum Gasteiger partial charge on any atom is 0.208 e. The summed E-state index contributed by atoms with van der Waals surface area (Å²) < 4.78 is 0. The minimum absolute atomic E-state index is 0.387. The fourth-order valence-electron chi connectivity index (χ4n) is 0.572. The molecule has 0 heterocycles. The van der Waals surface area contributed by atoms with Crippen molar-refractivity contribution in [2.45, 2.75) is 13.8 Å². The standard InChI is InChI=1S/C8H10O4/c1-5(3-9)7(11)8(12)6(2)4-10/h3-6H,1-2H3. The largest absolute Gasteiger partial charge is 0.303 e. The van der Waals surface area contributed by atoms with Crippen LogP contribution < -0.4 is 0 Å². The molecule has 0 fully saturated rings. The van der Waals surface area contributed by atoms with Gasteiger partial charge in [-0.3, -0.25) is 9.59 Å². The third-order valence-electron chi connectivity index (χ3n) is 1.48. The number of rotatable bonds is 5. The Balaban J connectivity index is 4.39. The van der Waals surface area contributed by atoms with Gasteiger partial charge in [0.15, 0.2) is 0 Å². The van der Waals surface area contributed by atoms with E-state index in [4.69, 9.17) is 0 Å². The van der Waals surface area contributed by atoms with Gasteiger partial charge in [0.2, 0.25) is 11.6 Å². The van der Waals surface area contributed by atoms with Crippen LogP contribution in [0.5, 0.6) is 0 Å². The maximum absolute atomic E-state index is 10.9. The molecule has 0 spiro atoms. The highest BCUT2D eigenvalue weighted by Gasteiger charge is 2.24. The lowest BCUT2D eigenvalue weighted by Crippen LogP contribution is -2.28. The molecule has 2 unspecified atom stereocenters. The predicted octanol–water partition coefficient (Wildman–Crippen LogP) is -0.205. The van der Waals surface area contributed by atoms with Crippen molar-refractivity contribution in [1.82, 2.24) is 0 Å². The highest BCUT2D eigenvalue weighted by atomic mass is 16.2. The minimum Gasteiger partial charge on any atom is -0.303 e. The number of aldehydes is 2. The molecule has 0 N–H and O–H groups in total. The number of hydrogen-bond acceptors (Lipinski definition) is 4. The van der Waals surface area contributed by atoms with E-state index in [0.717, 1.165) is 0 Å². The Morgan fingerprint density at radius 2 is 1.17 bits per heavy atom. The highest BCUT2D eigenvalue weighted by Crippen LogP contribution is 2.00. The van der Waals surface area contributed by atoms with Crippen LogP contribution in [0, 0.1) is 11.8 Å². The van der Waals surface area contributed by atoms with E-state index in [1.165, 1.54) is 13.8 Å². The molecule has 4 nitrogen and oxygen atoms in total. The number of carbonyl (C=O) groups excluding carboxylic acids is 4. The molecule has 0 saturated carbocycles. The summed E-state index contributed by atoms with van der Waals surface area (Å²) in [6, 6.07) is 0. The summed E-state index contributed by atoms with van der Waals surface area (Å²) in [7, 11) is 0. The Labute approximate surface area is 69.9 Å². The summed E-state index contributed by atoms with van der Waals surface area (Å²) in [5.74, 6) is -3.49. The summed E-state index contributed by atoms with van der Waals surface area (Å²) in [4.78, 5) is 42.1. The van der Waals surface area contributed by atoms with Crippen LogP contribution >= 0.6 is 0 Å². The van der Waals surface area contributed by atoms with E-state index in [-0.39, 0.29) is 0 Å². The molecule has 2 atom stereocenters. The van der Waals surface area contributed by atoms with Crippen molar-refractivity contribution in [1.29, 1.82) is 0 Å². The summed E-state index contributed by atoms with van der Waals surface area (Å²) in [5, 5.41) is 0. The lowest BCUT2D eigenvalue weighted by Gasteiger charge is -2.02.